The molecule has 0 radical (unpaired) electrons. The van der Waals surface area contributed by atoms with Gasteiger partial charge in [0, 0.05) is 18.7 Å². The van der Waals surface area contributed by atoms with E-state index in [0.29, 0.717) is 19.3 Å². The van der Waals surface area contributed by atoms with Crippen molar-refractivity contribution in [2.75, 3.05) is 24.7 Å². The molecule has 2 N–H and O–H groups in total. The zero-order chi connectivity index (χ0) is 33.9. The number of esters is 1. The van der Waals surface area contributed by atoms with E-state index < -0.39 is 53.5 Å². The van der Waals surface area contributed by atoms with Gasteiger partial charge in [-0.05, 0) is 56.7 Å². The smallest absolute Gasteiger partial charge is 0.306 e. The Hall–Kier alpha value is -4.28. The predicted octanol–water partition coefficient (Wildman–Crippen LogP) is 3.94. The summed E-state index contributed by atoms with van der Waals surface area (Å²) < 4.78 is 12.1. The fraction of sp³-hybridized carbons (Fsp3) is 0.459. The average molecular weight is 644 g/mol. The second-order valence-corrected chi connectivity index (χ2v) is 12.8. The minimum absolute atomic E-state index is 0.0885. The van der Waals surface area contributed by atoms with Gasteiger partial charge in [0.2, 0.25) is 11.8 Å². The van der Waals surface area contributed by atoms with Crippen molar-refractivity contribution in [3.63, 3.8) is 0 Å². The van der Waals surface area contributed by atoms with Gasteiger partial charge in [0.25, 0.3) is 5.91 Å². The molecule has 0 saturated carbocycles. The van der Waals surface area contributed by atoms with E-state index in [1.807, 2.05) is 62.4 Å². The van der Waals surface area contributed by atoms with Gasteiger partial charge in [-0.1, -0.05) is 60.7 Å². The summed E-state index contributed by atoms with van der Waals surface area (Å²) in [5.74, 6) is -3.35. The maximum atomic E-state index is 14.8. The number of amides is 3. The van der Waals surface area contributed by atoms with Gasteiger partial charge in [0.1, 0.15) is 18.2 Å². The lowest BCUT2D eigenvalue weighted by Gasteiger charge is -2.39. The van der Waals surface area contributed by atoms with Crippen LogP contribution in [0, 0.1) is 25.7 Å². The lowest BCUT2D eigenvalue weighted by molar-refractivity contribution is -0.146. The number of hydrogen-bond donors (Lipinski definition) is 2. The lowest BCUT2D eigenvalue weighted by Crippen LogP contribution is -2.58. The summed E-state index contributed by atoms with van der Waals surface area (Å²) in [6.07, 6.45) is 4.27. The number of fused-ring (bicyclic) bond motifs is 1. The van der Waals surface area contributed by atoms with Crippen molar-refractivity contribution >= 4 is 29.4 Å². The minimum Gasteiger partial charge on any atom is -0.463 e. The molecule has 0 aromatic heterocycles. The molecule has 0 unspecified atom stereocenters. The van der Waals surface area contributed by atoms with E-state index in [9.17, 15) is 24.3 Å². The summed E-state index contributed by atoms with van der Waals surface area (Å²) in [4.78, 5) is 58.8. The number of rotatable bonds is 14. The number of anilines is 1. The van der Waals surface area contributed by atoms with Crippen molar-refractivity contribution < 1.29 is 33.8 Å². The summed E-state index contributed by atoms with van der Waals surface area (Å²) in [6.45, 7) is 12.8. The molecule has 3 aliphatic heterocycles. The van der Waals surface area contributed by atoms with Crippen LogP contribution in [-0.4, -0.2) is 77.2 Å². The van der Waals surface area contributed by atoms with E-state index in [2.05, 4.69) is 18.5 Å². The first-order chi connectivity index (χ1) is 22.6. The highest BCUT2D eigenvalue weighted by Crippen LogP contribution is 2.59. The van der Waals surface area contributed by atoms with Crippen molar-refractivity contribution in [2.24, 2.45) is 11.8 Å². The van der Waals surface area contributed by atoms with E-state index in [1.165, 1.54) is 4.90 Å². The van der Waals surface area contributed by atoms with Gasteiger partial charge >= 0.3 is 5.97 Å². The fourth-order valence-electron chi connectivity index (χ4n) is 7.68. The number of allylic oxidation sites excluding steroid dienone is 1. The Morgan fingerprint density at radius 2 is 1.83 bits per heavy atom. The van der Waals surface area contributed by atoms with Gasteiger partial charge < -0.3 is 29.7 Å². The molecule has 7 atom stereocenters. The van der Waals surface area contributed by atoms with Crippen LogP contribution in [0.15, 0.2) is 73.8 Å². The third kappa shape index (κ3) is 6.24. The van der Waals surface area contributed by atoms with E-state index in [1.54, 1.807) is 24.0 Å². The van der Waals surface area contributed by atoms with Gasteiger partial charge in [-0.2, -0.15) is 0 Å². The number of aryl methyl sites for hydroxylation is 2. The summed E-state index contributed by atoms with van der Waals surface area (Å²) >= 11 is 0. The number of nitrogens with zero attached hydrogens (tertiary/aromatic N) is 2. The second-order valence-electron chi connectivity index (χ2n) is 12.8. The monoisotopic (exact) mass is 643 g/mol. The Labute approximate surface area is 276 Å². The normalized spacial score (nSPS) is 25.5. The zero-order valence-electron chi connectivity index (χ0n) is 27.4. The lowest BCUT2D eigenvalue weighted by atomic mass is 9.70. The molecule has 250 valence electrons. The largest absolute Gasteiger partial charge is 0.463 e. The Morgan fingerprint density at radius 3 is 2.47 bits per heavy atom. The number of benzene rings is 2. The highest BCUT2D eigenvalue weighted by atomic mass is 16.5. The molecule has 3 amide bonds. The second kappa shape index (κ2) is 14.2. The first kappa shape index (κ1) is 34.1. The van der Waals surface area contributed by atoms with Gasteiger partial charge in [-0.15, -0.1) is 13.2 Å². The summed E-state index contributed by atoms with van der Waals surface area (Å²) in [6, 6.07) is 12.6. The van der Waals surface area contributed by atoms with Crippen LogP contribution in [0.1, 0.15) is 55.3 Å². The molecule has 3 heterocycles. The number of carbonyl (C=O) groups excluding carboxylic acids is 4. The predicted molar refractivity (Wildman–Crippen MR) is 177 cm³/mol. The number of aliphatic hydroxyl groups is 1. The molecule has 2 aromatic carbocycles. The number of hydrogen-bond acceptors (Lipinski definition) is 7. The van der Waals surface area contributed by atoms with Crippen LogP contribution in [0.25, 0.3) is 0 Å². The summed E-state index contributed by atoms with van der Waals surface area (Å²) in [5.41, 5.74) is 2.01. The standard InChI is InChI=1S/C37H45N3O7/c1-6-8-17-29(42)46-22-27(26-15-10-9-11-16-26)38-34(43)30-28-18-19-37(47-28)31(30)35(44)40(25(5)21-41)33(37)36(45)39(20-7-2)32-23(3)13-12-14-24(32)4/h6-7,9-16,25,27-28,30-31,33,41H,1-2,8,17-22H2,3-5H3,(H,38,43)/t25-,27+,28+,30-,31-,33+,37-/m1/s1. The summed E-state index contributed by atoms with van der Waals surface area (Å²) in [5, 5.41) is 13.3. The Morgan fingerprint density at radius 1 is 1.13 bits per heavy atom. The minimum atomic E-state index is -1.25. The number of ether oxygens (including phenoxy) is 2. The number of carbonyl (C=O) groups is 4. The van der Waals surface area contributed by atoms with Crippen molar-refractivity contribution in [3.05, 3.63) is 90.5 Å². The van der Waals surface area contributed by atoms with E-state index in [0.717, 1.165) is 22.4 Å². The van der Waals surface area contributed by atoms with E-state index >= 15 is 0 Å². The first-order valence-corrected chi connectivity index (χ1v) is 16.3. The van der Waals surface area contributed by atoms with Crippen LogP contribution in [0.2, 0.25) is 0 Å². The molecule has 5 rings (SSSR count). The quantitative estimate of drug-likeness (QED) is 0.236. The zero-order valence-corrected chi connectivity index (χ0v) is 27.4. The third-order valence-corrected chi connectivity index (χ3v) is 9.78. The van der Waals surface area contributed by atoms with E-state index in [-0.39, 0.29) is 38.0 Å². The van der Waals surface area contributed by atoms with Crippen molar-refractivity contribution in [1.82, 2.24) is 10.2 Å². The molecular formula is C37H45N3O7. The van der Waals surface area contributed by atoms with Gasteiger partial charge in [0.15, 0.2) is 0 Å². The summed E-state index contributed by atoms with van der Waals surface area (Å²) in [7, 11) is 0. The maximum absolute atomic E-state index is 14.8. The average Bonchev–Trinajstić information content (AvgIpc) is 3.72. The molecule has 10 heteroatoms. The molecule has 2 bridgehead atoms. The van der Waals surface area contributed by atoms with E-state index in [4.69, 9.17) is 9.47 Å². The fourth-order valence-corrected chi connectivity index (χ4v) is 7.68. The Bertz CT molecular complexity index is 1510. The number of nitrogens with one attached hydrogen (secondary N) is 1. The SMILES string of the molecule is C=CCCC(=O)OC[C@H](NC(=O)[C@@H]1[C@@H]2CC[C@]3(O2)[C@H](C(=O)N(CC=C)c2c(C)cccc2C)N([C@H](C)CO)C(=O)[C@@H]13)c1ccccc1. The number of likely N-dealkylation sites (tertiary alicyclic amines) is 1. The number of aliphatic hydroxyl groups excluding tert-OH is 1. The van der Waals surface area contributed by atoms with Crippen LogP contribution < -0.4 is 10.2 Å². The van der Waals surface area contributed by atoms with Crippen LogP contribution in [-0.2, 0) is 28.7 Å². The molecule has 10 nitrogen and oxygen atoms in total. The topological polar surface area (TPSA) is 125 Å². The molecule has 3 saturated heterocycles. The highest BCUT2D eigenvalue weighted by molar-refractivity contribution is 6.05. The molecule has 3 aliphatic rings. The van der Waals surface area contributed by atoms with Gasteiger partial charge in [-0.3, -0.25) is 19.2 Å². The molecule has 0 aliphatic carbocycles. The van der Waals surface area contributed by atoms with Crippen molar-refractivity contribution in [3.8, 4) is 0 Å². The number of para-hydroxylation sites is 1. The molecule has 47 heavy (non-hydrogen) atoms. The molecule has 1 spiro atoms. The molecular weight excluding hydrogens is 598 g/mol. The molecule has 2 aromatic rings. The Balaban J connectivity index is 1.48. The van der Waals surface area contributed by atoms with Gasteiger partial charge in [0.05, 0.1) is 36.6 Å². The van der Waals surface area contributed by atoms with Gasteiger partial charge in [-0.25, -0.2) is 0 Å². The van der Waals surface area contributed by atoms with Crippen LogP contribution >= 0.6 is 0 Å². The highest BCUT2D eigenvalue weighted by Gasteiger charge is 2.75. The van der Waals surface area contributed by atoms with Crippen molar-refractivity contribution in [1.29, 1.82) is 0 Å². The first-order valence-electron chi connectivity index (χ1n) is 16.3. The third-order valence-electron chi connectivity index (χ3n) is 9.78. The maximum Gasteiger partial charge on any atom is 0.306 e. The molecule has 3 fully saturated rings. The van der Waals surface area contributed by atoms with Crippen LogP contribution in [0.3, 0.4) is 0 Å². The van der Waals surface area contributed by atoms with Crippen LogP contribution in [0.4, 0.5) is 5.69 Å². The Kier molecular flexibility index (Phi) is 10.3. The van der Waals surface area contributed by atoms with Crippen molar-refractivity contribution in [2.45, 2.75) is 76.3 Å². The van der Waals surface area contributed by atoms with Crippen LogP contribution in [0.5, 0.6) is 0 Å².